The molecule has 0 rings (SSSR count). The van der Waals surface area contributed by atoms with Crippen LogP contribution >= 0.6 is 0 Å². The van der Waals surface area contributed by atoms with Gasteiger partial charge in [0.2, 0.25) is 0 Å². The van der Waals surface area contributed by atoms with Gasteiger partial charge in [-0.3, -0.25) is 9.11 Å². The van der Waals surface area contributed by atoms with Crippen LogP contribution in [0.15, 0.2) is 0 Å². The summed E-state index contributed by atoms with van der Waals surface area (Å²) >= 11 is 0. The Morgan fingerprint density at radius 3 is 1.12 bits per heavy atom. The minimum absolute atomic E-state index is 0. The summed E-state index contributed by atoms with van der Waals surface area (Å²) in [5, 5.41) is 0. The predicted molar refractivity (Wildman–Crippen MR) is 21.3 cm³/mol. The first-order chi connectivity index (χ1) is 2.00. The molecule has 0 spiro atoms. The molecule has 2 N–H and O–H groups in total. The normalized spacial score (nSPS) is 7.25. The minimum Gasteiger partial charge on any atom is 0 e. The van der Waals surface area contributed by atoms with Crippen LogP contribution in [-0.2, 0) is 43.7 Å². The van der Waals surface area contributed by atoms with Crippen molar-refractivity contribution in [2.24, 2.45) is 0 Å². The summed E-state index contributed by atoms with van der Waals surface area (Å²) in [7, 11) is -4.67. The molecule has 0 amide bonds. The minimum atomic E-state index is -4.67. The molecule has 0 heterocycles. The molecule has 0 saturated carbocycles. The van der Waals surface area contributed by atoms with E-state index >= 15 is 0 Å². The molecule has 8 heavy (non-hydrogen) atoms. The molecule has 8 heteroatoms. The summed E-state index contributed by atoms with van der Waals surface area (Å²) < 4.78 is 31.6. The van der Waals surface area contributed by atoms with Gasteiger partial charge in [0, 0.05) is 33.3 Å². The summed E-state index contributed by atoms with van der Waals surface area (Å²) in [4.78, 5) is 0. The maximum atomic E-state index is 8.74. The zero-order valence-electron chi connectivity index (χ0n) is 2.77. The van der Waals surface area contributed by atoms with Crippen molar-refractivity contribution in [1.82, 2.24) is 0 Å². The molecular formula is H3CoKNiO4S. The van der Waals surface area contributed by atoms with Gasteiger partial charge in [-0.2, -0.15) is 8.42 Å². The molecule has 0 fully saturated rings. The fraction of sp³-hybridized carbons (Fsp3) is 0. The van der Waals surface area contributed by atoms with Gasteiger partial charge in [-0.15, -0.1) is 0 Å². The van der Waals surface area contributed by atoms with Crippen LogP contribution in [0, 0.1) is 0 Å². The third-order valence-electron chi connectivity index (χ3n) is 0. The van der Waals surface area contributed by atoms with Crippen molar-refractivity contribution in [2.45, 2.75) is 0 Å². The molecule has 53 valence electrons. The molecule has 1 radical (unpaired) electrons. The fourth-order valence-electron chi connectivity index (χ4n) is 0. The summed E-state index contributed by atoms with van der Waals surface area (Å²) in [6.07, 6.45) is 0. The van der Waals surface area contributed by atoms with Crippen LogP contribution in [0.1, 0.15) is 0 Å². The van der Waals surface area contributed by atoms with Crippen LogP contribution in [-0.4, -0.2) is 68.9 Å². The van der Waals surface area contributed by atoms with E-state index in [1.54, 1.807) is 0 Å². The van der Waals surface area contributed by atoms with E-state index < -0.39 is 10.4 Å². The predicted octanol–water partition coefficient (Wildman–Crippen LogP) is -1.31. The average molecular weight is 256 g/mol. The summed E-state index contributed by atoms with van der Waals surface area (Å²) in [5.74, 6) is 0. The van der Waals surface area contributed by atoms with Gasteiger partial charge in [0.1, 0.15) is 0 Å². The maximum absolute atomic E-state index is 8.74. The standard InChI is InChI=1S/Co.K.Ni.H2O4S.H/c;;;1-5(2,3)4;/h;;;(H2,1,2,3,4);. The molecule has 0 aromatic rings. The topological polar surface area (TPSA) is 74.6 Å². The van der Waals surface area contributed by atoms with Gasteiger partial charge in [0.05, 0.1) is 0 Å². The van der Waals surface area contributed by atoms with Crippen LogP contribution < -0.4 is 0 Å². The van der Waals surface area contributed by atoms with Crippen molar-refractivity contribution in [3.8, 4) is 0 Å². The van der Waals surface area contributed by atoms with Crippen LogP contribution in [0.4, 0.5) is 0 Å². The number of rotatable bonds is 0. The van der Waals surface area contributed by atoms with E-state index in [1.165, 1.54) is 0 Å². The second kappa shape index (κ2) is 9.51. The Bertz CT molecular complexity index is 99.2. The second-order valence-corrected chi connectivity index (χ2v) is 1.34. The largest absolute Gasteiger partial charge is 0 e. The van der Waals surface area contributed by atoms with Gasteiger partial charge >= 0.3 is 61.8 Å². The molecule has 0 aliphatic carbocycles. The van der Waals surface area contributed by atoms with Crippen LogP contribution in [0.5, 0.6) is 0 Å². The summed E-state index contributed by atoms with van der Waals surface area (Å²) in [6, 6.07) is 0. The maximum Gasteiger partial charge on any atom is 0 e. The fourth-order valence-corrected chi connectivity index (χ4v) is 0. The Kier molecular flexibility index (Phi) is 26.7. The summed E-state index contributed by atoms with van der Waals surface area (Å²) in [5.41, 5.74) is 0. The van der Waals surface area contributed by atoms with Gasteiger partial charge in [-0.1, -0.05) is 0 Å². The molecule has 0 bridgehead atoms. The van der Waals surface area contributed by atoms with E-state index in [0.717, 1.165) is 0 Å². The van der Waals surface area contributed by atoms with Crippen molar-refractivity contribution in [2.75, 3.05) is 0 Å². The molecule has 0 aliphatic rings. The van der Waals surface area contributed by atoms with E-state index in [4.69, 9.17) is 17.5 Å². The van der Waals surface area contributed by atoms with Gasteiger partial charge < -0.3 is 0 Å². The monoisotopic (exact) mass is 255 g/mol. The Morgan fingerprint density at radius 1 is 1.12 bits per heavy atom. The summed E-state index contributed by atoms with van der Waals surface area (Å²) in [6.45, 7) is 0. The van der Waals surface area contributed by atoms with Gasteiger partial charge in [-0.05, 0) is 0 Å². The number of hydrogen-bond donors (Lipinski definition) is 2. The Labute approximate surface area is 110 Å². The van der Waals surface area contributed by atoms with Crippen molar-refractivity contribution in [3.05, 3.63) is 0 Å². The quantitative estimate of drug-likeness (QED) is 0.417. The third-order valence-corrected chi connectivity index (χ3v) is 0. The van der Waals surface area contributed by atoms with E-state index in [9.17, 15) is 0 Å². The van der Waals surface area contributed by atoms with Gasteiger partial charge in [0.25, 0.3) is 0 Å². The van der Waals surface area contributed by atoms with Crippen molar-refractivity contribution in [3.63, 3.8) is 0 Å². The van der Waals surface area contributed by atoms with Crippen molar-refractivity contribution < 1.29 is 50.8 Å². The molecule has 0 aromatic heterocycles. The Hall–Kier alpha value is 2.51. The zero-order chi connectivity index (χ0) is 4.50. The van der Waals surface area contributed by atoms with Crippen LogP contribution in [0.3, 0.4) is 0 Å². The van der Waals surface area contributed by atoms with Gasteiger partial charge in [0.15, 0.2) is 0 Å². The molecule has 0 unspecified atom stereocenters. The molecule has 4 nitrogen and oxygen atoms in total. The van der Waals surface area contributed by atoms with E-state index in [0.29, 0.717) is 0 Å². The molecular weight excluding hydrogens is 253 g/mol. The van der Waals surface area contributed by atoms with Crippen LogP contribution in [0.25, 0.3) is 0 Å². The smallest absolute Gasteiger partial charge is 0 e. The Morgan fingerprint density at radius 2 is 1.12 bits per heavy atom. The van der Waals surface area contributed by atoms with E-state index in [1.807, 2.05) is 0 Å². The molecule has 0 atom stereocenters. The van der Waals surface area contributed by atoms with Crippen LogP contribution in [0.2, 0.25) is 0 Å². The number of hydrogen-bond acceptors (Lipinski definition) is 2. The Balaban J connectivity index is -0.0000000267. The molecule has 0 saturated heterocycles. The first kappa shape index (κ1) is 22.4. The SMILES string of the molecule is O=S(=O)(O)O.[Co].[KH].[Ni]. The average Bonchev–Trinajstić information content (AvgIpc) is 0.722. The van der Waals surface area contributed by atoms with Gasteiger partial charge in [-0.25, -0.2) is 0 Å². The molecule has 0 aromatic carbocycles. The third kappa shape index (κ3) is 76.3. The van der Waals surface area contributed by atoms with E-state index in [-0.39, 0.29) is 84.7 Å². The second-order valence-electron chi connectivity index (χ2n) is 0.448. The van der Waals surface area contributed by atoms with E-state index in [2.05, 4.69) is 0 Å². The first-order valence-electron chi connectivity index (χ1n) is 0.698. The first-order valence-corrected chi connectivity index (χ1v) is 2.10. The molecule has 0 aliphatic heterocycles. The van der Waals surface area contributed by atoms with Crippen molar-refractivity contribution in [1.29, 1.82) is 0 Å². The van der Waals surface area contributed by atoms with Crippen molar-refractivity contribution >= 4 is 61.8 Å². The zero-order valence-corrected chi connectivity index (χ0v) is 5.61.